The van der Waals surface area contributed by atoms with Crippen molar-refractivity contribution in [2.24, 2.45) is 11.8 Å². The van der Waals surface area contributed by atoms with Crippen molar-refractivity contribution in [3.63, 3.8) is 0 Å². The number of aliphatic carboxylic acids is 1. The third kappa shape index (κ3) is 4.99. The number of aliphatic hydroxyl groups excluding tert-OH is 2. The fraction of sp³-hybridized carbons (Fsp3) is 0.824. The smallest absolute Gasteiger partial charge is 0.303 e. The van der Waals surface area contributed by atoms with Crippen molar-refractivity contribution in [2.75, 3.05) is 0 Å². The summed E-state index contributed by atoms with van der Waals surface area (Å²) in [6, 6.07) is 0. The molecule has 2 rings (SSSR count). The summed E-state index contributed by atoms with van der Waals surface area (Å²) in [5, 5.41) is 28.3. The Bertz CT molecular complexity index is 375. The van der Waals surface area contributed by atoms with Crippen molar-refractivity contribution in [3.05, 3.63) is 12.3 Å². The lowest BCUT2D eigenvalue weighted by molar-refractivity contribution is -0.139. The molecule has 0 spiro atoms. The van der Waals surface area contributed by atoms with Gasteiger partial charge < -0.3 is 20.1 Å². The highest BCUT2D eigenvalue weighted by Crippen LogP contribution is 2.35. The first-order chi connectivity index (χ1) is 10.6. The maximum Gasteiger partial charge on any atom is 0.303 e. The van der Waals surface area contributed by atoms with E-state index in [0.29, 0.717) is 6.42 Å². The number of rotatable bonds is 6. The highest BCUT2D eigenvalue weighted by molar-refractivity contribution is 5.67. The van der Waals surface area contributed by atoms with Crippen LogP contribution in [0.3, 0.4) is 0 Å². The molecule has 22 heavy (non-hydrogen) atoms. The van der Waals surface area contributed by atoms with Gasteiger partial charge >= 0.3 is 5.97 Å². The number of hydrogen-bond donors (Lipinski definition) is 3. The lowest BCUT2D eigenvalue weighted by atomic mass is 9.76. The molecular formula is C17H28O5. The number of carbonyl (C=O) groups is 1. The average molecular weight is 312 g/mol. The molecular weight excluding hydrogens is 284 g/mol. The van der Waals surface area contributed by atoms with E-state index in [9.17, 15) is 9.90 Å². The molecule has 2 aliphatic rings. The second-order valence-corrected chi connectivity index (χ2v) is 6.68. The summed E-state index contributed by atoms with van der Waals surface area (Å²) in [7, 11) is 0. The molecule has 4 unspecified atom stereocenters. The Morgan fingerprint density at radius 2 is 1.91 bits per heavy atom. The largest absolute Gasteiger partial charge is 0.516 e. The van der Waals surface area contributed by atoms with Crippen LogP contribution in [0, 0.1) is 11.8 Å². The maximum absolute atomic E-state index is 10.9. The molecule has 0 aromatic carbocycles. The minimum Gasteiger partial charge on any atom is -0.516 e. The van der Waals surface area contributed by atoms with Gasteiger partial charge in [0.25, 0.3) is 0 Å². The average Bonchev–Trinajstić information content (AvgIpc) is 2.49. The van der Waals surface area contributed by atoms with Gasteiger partial charge in [0.1, 0.15) is 0 Å². The highest BCUT2D eigenvalue weighted by atomic mass is 16.5. The van der Waals surface area contributed by atoms with Crippen molar-refractivity contribution in [2.45, 2.75) is 76.1 Å². The van der Waals surface area contributed by atoms with Crippen LogP contribution in [0.25, 0.3) is 0 Å². The standard InChI is InChI=1S/C17H28O5/c18-9-8-13(11-17(20)21)12-6-7-16(15(19)10-12)22-14-4-2-1-3-5-14/h8-9,12-16,18-19H,1-7,10-11H2,(H,20,21)/b9-8+. The van der Waals surface area contributed by atoms with E-state index in [2.05, 4.69) is 0 Å². The van der Waals surface area contributed by atoms with Crippen LogP contribution >= 0.6 is 0 Å². The Morgan fingerprint density at radius 1 is 1.18 bits per heavy atom. The van der Waals surface area contributed by atoms with Gasteiger partial charge in [0, 0.05) is 0 Å². The summed E-state index contributed by atoms with van der Waals surface area (Å²) in [5.74, 6) is -1.02. The molecule has 0 aromatic rings. The number of ether oxygens (including phenoxy) is 1. The Kier molecular flexibility index (Phi) is 6.70. The number of carboxylic acids is 1. The Hall–Kier alpha value is -1.07. The van der Waals surface area contributed by atoms with E-state index in [1.54, 1.807) is 0 Å². The summed E-state index contributed by atoms with van der Waals surface area (Å²) >= 11 is 0. The first-order valence-electron chi connectivity index (χ1n) is 8.46. The molecule has 2 aliphatic carbocycles. The number of allylic oxidation sites excluding steroid dienone is 1. The van der Waals surface area contributed by atoms with Crippen LogP contribution in [-0.2, 0) is 9.53 Å². The Balaban J connectivity index is 1.86. The van der Waals surface area contributed by atoms with Gasteiger partial charge in [0.2, 0.25) is 0 Å². The zero-order valence-electron chi connectivity index (χ0n) is 13.1. The summed E-state index contributed by atoms with van der Waals surface area (Å²) in [4.78, 5) is 10.9. The van der Waals surface area contributed by atoms with E-state index in [0.717, 1.165) is 31.9 Å². The van der Waals surface area contributed by atoms with E-state index < -0.39 is 12.1 Å². The van der Waals surface area contributed by atoms with Crippen LogP contribution in [0.1, 0.15) is 57.8 Å². The molecule has 4 atom stereocenters. The van der Waals surface area contributed by atoms with Gasteiger partial charge in [-0.15, -0.1) is 0 Å². The van der Waals surface area contributed by atoms with Gasteiger partial charge in [-0.25, -0.2) is 0 Å². The summed E-state index contributed by atoms with van der Waals surface area (Å²) in [6.07, 6.45) is 10.1. The molecule has 0 saturated heterocycles. The zero-order chi connectivity index (χ0) is 15.9. The van der Waals surface area contributed by atoms with E-state index in [-0.39, 0.29) is 30.5 Å². The molecule has 3 N–H and O–H groups in total. The number of hydrogen-bond acceptors (Lipinski definition) is 4. The van der Waals surface area contributed by atoms with Crippen LogP contribution in [0.4, 0.5) is 0 Å². The van der Waals surface area contributed by atoms with Gasteiger partial charge in [-0.05, 0) is 50.0 Å². The van der Waals surface area contributed by atoms with Crippen molar-refractivity contribution in [3.8, 4) is 0 Å². The molecule has 2 fully saturated rings. The van der Waals surface area contributed by atoms with Gasteiger partial charge in [-0.2, -0.15) is 0 Å². The van der Waals surface area contributed by atoms with Gasteiger partial charge in [0.05, 0.1) is 31.0 Å². The van der Waals surface area contributed by atoms with Crippen LogP contribution < -0.4 is 0 Å². The van der Waals surface area contributed by atoms with E-state index >= 15 is 0 Å². The minimum atomic E-state index is -0.877. The quantitative estimate of drug-likeness (QED) is 0.656. The molecule has 0 amide bonds. The summed E-state index contributed by atoms with van der Waals surface area (Å²) < 4.78 is 6.08. The molecule has 5 heteroatoms. The predicted molar refractivity (Wildman–Crippen MR) is 82.6 cm³/mol. The summed E-state index contributed by atoms with van der Waals surface area (Å²) in [5.41, 5.74) is 0. The van der Waals surface area contributed by atoms with E-state index in [1.165, 1.54) is 25.3 Å². The Labute approximate surface area is 132 Å². The third-order valence-electron chi connectivity index (χ3n) is 5.06. The SMILES string of the molecule is O=C(O)CC(/C=C/O)C1CCC(OC2CCCCC2)C(O)C1. The first-order valence-corrected chi connectivity index (χ1v) is 8.46. The van der Waals surface area contributed by atoms with Crippen molar-refractivity contribution < 1.29 is 24.9 Å². The van der Waals surface area contributed by atoms with Crippen LogP contribution in [0.15, 0.2) is 12.3 Å². The van der Waals surface area contributed by atoms with Crippen molar-refractivity contribution >= 4 is 5.97 Å². The fourth-order valence-electron chi connectivity index (χ4n) is 3.85. The van der Waals surface area contributed by atoms with E-state index in [1.807, 2.05) is 0 Å². The third-order valence-corrected chi connectivity index (χ3v) is 5.06. The van der Waals surface area contributed by atoms with Crippen LogP contribution in [-0.4, -0.2) is 39.6 Å². The van der Waals surface area contributed by atoms with Crippen LogP contribution in [0.5, 0.6) is 0 Å². The Morgan fingerprint density at radius 3 is 2.50 bits per heavy atom. The van der Waals surface area contributed by atoms with E-state index in [4.69, 9.17) is 14.9 Å². The van der Waals surface area contributed by atoms with Crippen molar-refractivity contribution in [1.29, 1.82) is 0 Å². The first kappa shape index (κ1) is 17.3. The number of aliphatic hydroxyl groups is 2. The molecule has 0 aromatic heterocycles. The molecule has 126 valence electrons. The molecule has 2 saturated carbocycles. The second kappa shape index (κ2) is 8.53. The van der Waals surface area contributed by atoms with Gasteiger partial charge in [-0.1, -0.05) is 19.3 Å². The van der Waals surface area contributed by atoms with Crippen LogP contribution in [0.2, 0.25) is 0 Å². The maximum atomic E-state index is 10.9. The summed E-state index contributed by atoms with van der Waals surface area (Å²) in [6.45, 7) is 0. The lowest BCUT2D eigenvalue weighted by Crippen LogP contribution is -2.40. The molecule has 0 bridgehead atoms. The topological polar surface area (TPSA) is 87.0 Å². The molecule has 0 heterocycles. The van der Waals surface area contributed by atoms with Crippen molar-refractivity contribution in [1.82, 2.24) is 0 Å². The predicted octanol–water partition coefficient (Wildman–Crippen LogP) is 3.03. The molecule has 5 nitrogen and oxygen atoms in total. The molecule has 0 radical (unpaired) electrons. The lowest BCUT2D eigenvalue weighted by Gasteiger charge is -2.38. The molecule has 0 aliphatic heterocycles. The highest BCUT2D eigenvalue weighted by Gasteiger charge is 2.35. The monoisotopic (exact) mass is 312 g/mol. The normalized spacial score (nSPS) is 32.1. The second-order valence-electron chi connectivity index (χ2n) is 6.68. The minimum absolute atomic E-state index is 0.0113. The zero-order valence-corrected chi connectivity index (χ0v) is 13.1. The van der Waals surface area contributed by atoms with Gasteiger partial charge in [0.15, 0.2) is 0 Å². The fourth-order valence-corrected chi connectivity index (χ4v) is 3.85. The number of carboxylic acid groups (broad SMARTS) is 1. The van der Waals surface area contributed by atoms with Gasteiger partial charge in [-0.3, -0.25) is 4.79 Å².